The van der Waals surface area contributed by atoms with Crippen LogP contribution in [0.5, 0.6) is 0 Å². The van der Waals surface area contributed by atoms with Crippen molar-refractivity contribution in [2.24, 2.45) is 50.2 Å². The summed E-state index contributed by atoms with van der Waals surface area (Å²) < 4.78 is 110. The molecule has 724 valence electrons. The van der Waals surface area contributed by atoms with Crippen LogP contribution in [0.25, 0.3) is 6.08 Å². The first-order chi connectivity index (χ1) is 60.3. The van der Waals surface area contributed by atoms with E-state index in [1.165, 1.54) is 13.0 Å². The van der Waals surface area contributed by atoms with Crippen molar-refractivity contribution >= 4 is 29.9 Å². The van der Waals surface area contributed by atoms with Gasteiger partial charge in [0, 0.05) is 19.9 Å². The van der Waals surface area contributed by atoms with Crippen molar-refractivity contribution in [2.75, 3.05) is 59.5 Å². The van der Waals surface area contributed by atoms with Gasteiger partial charge in [-0.3, -0.25) is 14.4 Å². The van der Waals surface area contributed by atoms with Crippen molar-refractivity contribution in [2.45, 2.75) is 341 Å². The lowest BCUT2D eigenvalue weighted by Crippen LogP contribution is -2.70. The van der Waals surface area contributed by atoms with E-state index in [1.807, 2.05) is 0 Å². The molecule has 0 unspecified atom stereocenters. The van der Waals surface area contributed by atoms with Gasteiger partial charge < -0.3 is 188 Å². The molecule has 1 aromatic carbocycles. The van der Waals surface area contributed by atoms with Crippen LogP contribution in [0.1, 0.15) is 126 Å². The van der Waals surface area contributed by atoms with Gasteiger partial charge in [0.2, 0.25) is 12.2 Å². The zero-order chi connectivity index (χ0) is 92.7. The van der Waals surface area contributed by atoms with Crippen molar-refractivity contribution in [3.8, 4) is 0 Å². The van der Waals surface area contributed by atoms with Crippen LogP contribution in [0, 0.1) is 50.2 Å². The number of allylic oxidation sites excluding steroid dienone is 2. The third-order valence-electron chi connectivity index (χ3n) is 30.1. The minimum atomic E-state index is -2.23. The normalized spacial score (nSPS) is 48.9. The van der Waals surface area contributed by atoms with Crippen LogP contribution in [0.15, 0.2) is 48.1 Å². The largest absolute Gasteiger partial charge is 0.463 e. The number of nitrogens with one attached hydrogen (secondary N) is 1. The molecule has 8 heterocycles. The van der Waals surface area contributed by atoms with Crippen molar-refractivity contribution < 1.29 is 201 Å². The van der Waals surface area contributed by atoms with E-state index in [0.29, 0.717) is 50.5 Å². The van der Waals surface area contributed by atoms with Crippen LogP contribution in [-0.4, -0.2) is 401 Å². The minimum absolute atomic E-state index is 0.00380. The Morgan fingerprint density at radius 3 is 1.76 bits per heavy atom. The fraction of sp³-hybridized carbons (Fsp3) is 0.837. The molecular formula is C86H129NO41. The van der Waals surface area contributed by atoms with Crippen molar-refractivity contribution in [3.63, 3.8) is 0 Å². The second-order valence-corrected chi connectivity index (χ2v) is 39.1. The smallest absolute Gasteiger partial charge is 0.331 e. The lowest BCUT2D eigenvalue weighted by Gasteiger charge is -2.72. The number of carbonyl (C=O) groups excluding carboxylic acids is 4. The first kappa shape index (κ1) is 99.2. The van der Waals surface area contributed by atoms with Crippen LogP contribution in [0.2, 0.25) is 0 Å². The Labute approximate surface area is 738 Å². The SMILES string of the molecule is CC(=O)N[C@H]1[C@H](O[C@H]2CC[C@]3(C)[C@H]4CC=C5[C@@H]6CC(C)(C)CC[C@]6(C(=O)O[C@@H]6O[C@H](COC(C)=O)[C@@H](O)[C@H](O[C@@H]7OC[C@@H](O)[C@H](O)[C@H]7OC(=O)/C=C/c7ccccc7)[C@H]6O[C@@H]6OC[C@@H](O)[C@H](O[C@@H]7OC[C@](O)(CO)[C@H]7O)[C@H]6O)[C@H](O)C[C@@]5(C)[C@]4(C)CC[C@H]3C2(C)C)O[C@H](CO[C@@H]2OC[C@H](O)[C@H](O[C@@H]3OC[C@@H](O)[C@H](O)[C@H]3O)[C@H]2O)[C@@H](O[C@@H]2O[C@H](CO)[C@@H](O)[C@H](O)[C@H]2O)[C@@H]1O. The number of hydrogen-bond donors (Lipinski definition) is 20. The Morgan fingerprint density at radius 2 is 1.10 bits per heavy atom. The molecule has 5 aliphatic carbocycles. The Bertz CT molecular complexity index is 4020. The third kappa shape index (κ3) is 18.9. The topological polar surface area (TPSA) is 631 Å². The van der Waals surface area contributed by atoms with Gasteiger partial charge in [-0.15, -0.1) is 0 Å². The average Bonchev–Trinajstić information content (AvgIpc) is 0.693. The molecule has 42 heteroatoms. The first-order valence-corrected chi connectivity index (χ1v) is 44.0. The molecular weight excluding hydrogens is 1700 g/mol. The summed E-state index contributed by atoms with van der Waals surface area (Å²) in [5.74, 6) is -4.65. The van der Waals surface area contributed by atoms with E-state index in [-0.39, 0.29) is 24.7 Å². The van der Waals surface area contributed by atoms with Gasteiger partial charge in [-0.05, 0) is 114 Å². The van der Waals surface area contributed by atoms with Crippen LogP contribution in [-0.2, 0) is 104 Å². The van der Waals surface area contributed by atoms with E-state index in [0.717, 1.165) is 18.6 Å². The summed E-state index contributed by atoms with van der Waals surface area (Å²) in [4.78, 5) is 56.4. The lowest BCUT2D eigenvalue weighted by molar-refractivity contribution is -0.382. The summed E-state index contributed by atoms with van der Waals surface area (Å²) >= 11 is 0. The standard InChI is InChI=1S/C86H129NO41/c1-36(90)87-53-58(102)66(125-75-61(105)59(103)56(100)45(27-88)118-75)47(33-116-72-62(106)64(43(94)30-112-72)123-73-60(104)54(98)41(92)28-113-73)120-71(53)121-51-20-21-82(7)48(81(51,5)6)19-22-83(8)49(82)17-16-39-40-25-80(3,4)23-24-86(40,50(96)26-84(39,83)9)79(109)128-77-69(127-74-63(107)65(44(95)31-114-74)124-78-70(108)85(110,34-89)35-117-78)67(57(101)46(119-77)32-111-37(2)91)126-76-68(55(99)42(93)29-115-76)122-52(97)18-15-38-13-11-10-12-14-38/h10-16,18,40-51,53-78,88-89,92-96,98-108,110H,17,19-35H2,1-9H3,(H,87,90)/b18-15+/t40-,41+,42+,43-,44+,45+,46+,47+,48-,49+,50+,51-,53+,54-,55-,56+,57+,58+,59-,60+,61+,62+,63+,64-,65-,66+,67-,68+,69+,70-,71-,72-,73-,74-,75-,76-,77-,78-,82-,83+,84+,85+,86+/m0/s1. The minimum Gasteiger partial charge on any atom is -0.463 e. The molecule has 0 aromatic heterocycles. The number of benzene rings is 1. The predicted octanol–water partition coefficient (Wildman–Crippen LogP) is -5.59. The number of fused-ring (bicyclic) bond motifs is 7. The summed E-state index contributed by atoms with van der Waals surface area (Å²) in [7, 11) is 0. The highest BCUT2D eigenvalue weighted by Crippen LogP contribution is 2.76. The molecule has 4 saturated carbocycles. The molecule has 8 aliphatic heterocycles. The molecule has 43 atom stereocenters. The quantitative estimate of drug-likeness (QED) is 0.0143. The highest BCUT2D eigenvalue weighted by Gasteiger charge is 2.73. The average molecular weight is 1830 g/mol. The van der Waals surface area contributed by atoms with Crippen LogP contribution >= 0.6 is 0 Å². The molecule has 0 bridgehead atoms. The number of aliphatic hydroxyl groups is 19. The molecule has 14 rings (SSSR count). The maximum Gasteiger partial charge on any atom is 0.331 e. The zero-order valence-electron chi connectivity index (χ0n) is 72.8. The number of rotatable bonds is 25. The summed E-state index contributed by atoms with van der Waals surface area (Å²) in [5.41, 5.74) is -5.86. The molecule has 1 amide bonds. The molecule has 42 nitrogen and oxygen atoms in total. The van der Waals surface area contributed by atoms with Crippen molar-refractivity contribution in [3.05, 3.63) is 53.6 Å². The number of aliphatic hydroxyl groups excluding tert-OH is 18. The molecule has 0 spiro atoms. The number of esters is 3. The molecule has 1 aromatic rings. The highest BCUT2D eigenvalue weighted by atomic mass is 16.8. The molecule has 128 heavy (non-hydrogen) atoms. The Hall–Kier alpha value is -4.78. The van der Waals surface area contributed by atoms with Gasteiger partial charge in [-0.25, -0.2) is 4.79 Å². The van der Waals surface area contributed by atoms with Gasteiger partial charge in [0.05, 0.1) is 65.1 Å². The molecule has 20 N–H and O–H groups in total. The van der Waals surface area contributed by atoms with Crippen LogP contribution in [0.4, 0.5) is 0 Å². The second kappa shape index (κ2) is 39.1. The third-order valence-corrected chi connectivity index (χ3v) is 30.1. The van der Waals surface area contributed by atoms with E-state index in [1.54, 1.807) is 30.3 Å². The maximum absolute atomic E-state index is 16.6. The number of carbonyl (C=O) groups is 4. The van der Waals surface area contributed by atoms with Crippen LogP contribution < -0.4 is 5.32 Å². The zero-order valence-corrected chi connectivity index (χ0v) is 72.8. The fourth-order valence-electron chi connectivity index (χ4n) is 22.7. The molecule has 12 fully saturated rings. The first-order valence-electron chi connectivity index (χ1n) is 44.0. The second-order valence-electron chi connectivity index (χ2n) is 39.1. The van der Waals surface area contributed by atoms with Gasteiger partial charge in [0.25, 0.3) is 0 Å². The van der Waals surface area contributed by atoms with Crippen molar-refractivity contribution in [1.82, 2.24) is 5.32 Å². The number of ether oxygens (including phenoxy) is 18. The Kier molecular flexibility index (Phi) is 30.3. The van der Waals surface area contributed by atoms with E-state index >= 15 is 4.79 Å². The Balaban J connectivity index is 0.747. The predicted molar refractivity (Wildman–Crippen MR) is 425 cm³/mol. The number of amides is 1. The monoisotopic (exact) mass is 1830 g/mol. The van der Waals surface area contributed by atoms with Gasteiger partial charge in [0.15, 0.2) is 56.2 Å². The van der Waals surface area contributed by atoms with Gasteiger partial charge in [-0.2, -0.15) is 0 Å². The lowest BCUT2D eigenvalue weighted by atomic mass is 9.33. The highest BCUT2D eigenvalue weighted by molar-refractivity contribution is 5.87. The summed E-state index contributed by atoms with van der Waals surface area (Å²) in [6, 6.07) is 7.09. The molecule has 0 radical (unpaired) electrons. The summed E-state index contributed by atoms with van der Waals surface area (Å²) in [6.07, 6.45) is -52.6. The fourth-order valence-corrected chi connectivity index (χ4v) is 22.7. The van der Waals surface area contributed by atoms with E-state index < -0.39 is 342 Å². The maximum atomic E-state index is 16.6. The van der Waals surface area contributed by atoms with Gasteiger partial charge in [-0.1, -0.05) is 90.4 Å². The summed E-state index contributed by atoms with van der Waals surface area (Å²) in [5, 5.41) is 217. The van der Waals surface area contributed by atoms with E-state index in [2.05, 4.69) is 59.9 Å². The van der Waals surface area contributed by atoms with Gasteiger partial charge >= 0.3 is 17.9 Å². The van der Waals surface area contributed by atoms with E-state index in [9.17, 15) is 111 Å². The van der Waals surface area contributed by atoms with Crippen molar-refractivity contribution in [1.29, 1.82) is 0 Å². The molecule has 13 aliphatic rings. The summed E-state index contributed by atoms with van der Waals surface area (Å²) in [6.45, 7) is 10.8. The molecule has 8 saturated heterocycles. The van der Waals surface area contributed by atoms with Gasteiger partial charge in [0.1, 0.15) is 158 Å². The number of hydrogen-bond acceptors (Lipinski definition) is 41. The Morgan fingerprint density at radius 1 is 0.508 bits per heavy atom. The van der Waals surface area contributed by atoms with E-state index in [4.69, 9.17) is 85.3 Å². The van der Waals surface area contributed by atoms with Crippen LogP contribution in [0.3, 0.4) is 0 Å².